The van der Waals surface area contributed by atoms with Gasteiger partial charge in [-0.2, -0.15) is 0 Å². The van der Waals surface area contributed by atoms with E-state index in [0.29, 0.717) is 6.54 Å². The molecule has 2 aliphatic rings. The van der Waals surface area contributed by atoms with Crippen LogP contribution in [0.5, 0.6) is 0 Å². The molecule has 3 aromatic rings. The quantitative estimate of drug-likeness (QED) is 0.581. The predicted octanol–water partition coefficient (Wildman–Crippen LogP) is 2.76. The van der Waals surface area contributed by atoms with Gasteiger partial charge in [0.15, 0.2) is 0 Å². The summed E-state index contributed by atoms with van der Waals surface area (Å²) in [6, 6.07) is 10.6. The molecular formula is C25H33N7O2. The van der Waals surface area contributed by atoms with Crippen molar-refractivity contribution in [2.45, 2.75) is 38.4 Å². The smallest absolute Gasteiger partial charge is 0.404 e. The molecule has 4 heterocycles. The lowest BCUT2D eigenvalue weighted by Gasteiger charge is -2.34. The average molecular weight is 464 g/mol. The van der Waals surface area contributed by atoms with Gasteiger partial charge in [-0.3, -0.25) is 14.3 Å². The van der Waals surface area contributed by atoms with E-state index < -0.39 is 6.09 Å². The topological polar surface area (TPSA) is 89.2 Å². The van der Waals surface area contributed by atoms with Gasteiger partial charge in [-0.05, 0) is 57.1 Å². The second-order valence-corrected chi connectivity index (χ2v) is 9.40. The van der Waals surface area contributed by atoms with Crippen molar-refractivity contribution >= 4 is 17.6 Å². The molecule has 1 saturated heterocycles. The third kappa shape index (κ3) is 4.45. The molecule has 180 valence electrons. The van der Waals surface area contributed by atoms with Gasteiger partial charge in [-0.15, -0.1) is 0 Å². The number of likely N-dealkylation sites (N-methyl/N-ethyl adjacent to an activating group) is 1. The molecule has 1 amide bonds. The van der Waals surface area contributed by atoms with Gasteiger partial charge in [0.05, 0.1) is 29.7 Å². The first-order valence-electron chi connectivity index (χ1n) is 12.0. The molecule has 1 fully saturated rings. The van der Waals surface area contributed by atoms with E-state index in [2.05, 4.69) is 50.6 Å². The molecule has 9 nitrogen and oxygen atoms in total. The van der Waals surface area contributed by atoms with Crippen molar-refractivity contribution in [1.82, 2.24) is 29.5 Å². The highest BCUT2D eigenvalue weighted by Crippen LogP contribution is 2.33. The molecular weight excluding hydrogens is 430 g/mol. The first-order valence-corrected chi connectivity index (χ1v) is 12.0. The molecule has 1 aliphatic carbocycles. The summed E-state index contributed by atoms with van der Waals surface area (Å²) < 4.78 is 2.14. The molecule has 0 aromatic carbocycles. The Labute approximate surface area is 200 Å². The Balaban J connectivity index is 1.50. The molecule has 5 rings (SSSR count). The molecule has 0 unspecified atom stereocenters. The Hall–Kier alpha value is -3.17. The lowest BCUT2D eigenvalue weighted by Crippen LogP contribution is -2.45. The summed E-state index contributed by atoms with van der Waals surface area (Å²) in [5.74, 6) is 1.07. The van der Waals surface area contributed by atoms with Crippen LogP contribution in [0, 0.1) is 0 Å². The van der Waals surface area contributed by atoms with Crippen LogP contribution in [0.15, 0.2) is 36.5 Å². The fourth-order valence-corrected chi connectivity index (χ4v) is 5.29. The number of imidazole rings is 1. The van der Waals surface area contributed by atoms with Crippen LogP contribution in [0.4, 0.5) is 10.6 Å². The zero-order chi connectivity index (χ0) is 23.7. The van der Waals surface area contributed by atoms with E-state index in [1.165, 1.54) is 5.56 Å². The van der Waals surface area contributed by atoms with Gasteiger partial charge in [0, 0.05) is 38.9 Å². The monoisotopic (exact) mass is 463 g/mol. The summed E-state index contributed by atoms with van der Waals surface area (Å²) in [5, 5.41) is 11.9. The maximum absolute atomic E-state index is 11.4. The minimum absolute atomic E-state index is 0.212. The number of hydrogen-bond acceptors (Lipinski definition) is 6. The average Bonchev–Trinajstić information content (AvgIpc) is 3.19. The van der Waals surface area contributed by atoms with E-state index in [0.717, 1.165) is 74.0 Å². The van der Waals surface area contributed by atoms with E-state index in [1.807, 2.05) is 24.4 Å². The highest BCUT2D eigenvalue weighted by atomic mass is 16.4. The molecule has 1 atom stereocenters. The molecule has 0 saturated carbocycles. The minimum atomic E-state index is -1.03. The van der Waals surface area contributed by atoms with E-state index in [9.17, 15) is 9.90 Å². The molecule has 3 aromatic heterocycles. The van der Waals surface area contributed by atoms with Gasteiger partial charge in [0.25, 0.3) is 0 Å². The second kappa shape index (κ2) is 9.60. The number of carbonyl (C=O) groups is 1. The second-order valence-electron chi connectivity index (χ2n) is 9.40. The van der Waals surface area contributed by atoms with Crippen LogP contribution < -0.4 is 10.2 Å². The zero-order valence-electron chi connectivity index (χ0n) is 19.9. The Kier molecular flexibility index (Phi) is 6.38. The van der Waals surface area contributed by atoms with Gasteiger partial charge >= 0.3 is 6.09 Å². The predicted molar refractivity (Wildman–Crippen MR) is 131 cm³/mol. The standard InChI is InChI=1S/C25H33N7O2/c1-29-12-14-31(15-13-29)23-10-4-9-22-28-19(21(32(22)23)16-27-25(33)34)17-30(2)20-8-3-6-18-7-5-11-26-24(18)20/h4-5,7,9-11,20,27H,3,6,8,12-17H2,1-2H3,(H,33,34)/t20-/m0/s1. The first kappa shape index (κ1) is 22.6. The number of rotatable bonds is 6. The Morgan fingerprint density at radius 2 is 2.03 bits per heavy atom. The third-order valence-corrected chi connectivity index (χ3v) is 7.13. The molecule has 0 radical (unpaired) electrons. The molecule has 0 spiro atoms. The number of nitrogens with one attached hydrogen (secondary N) is 1. The number of nitrogens with zero attached hydrogens (tertiary/aromatic N) is 6. The normalized spacial score (nSPS) is 18.9. The van der Waals surface area contributed by atoms with Crippen molar-refractivity contribution in [2.75, 3.05) is 45.2 Å². The fourth-order valence-electron chi connectivity index (χ4n) is 5.29. The fraction of sp³-hybridized carbons (Fsp3) is 0.480. The van der Waals surface area contributed by atoms with Crippen LogP contribution in [-0.2, 0) is 19.5 Å². The maximum Gasteiger partial charge on any atom is 0.404 e. The molecule has 2 N–H and O–H groups in total. The highest BCUT2D eigenvalue weighted by molar-refractivity contribution is 5.64. The number of piperazine rings is 1. The molecule has 34 heavy (non-hydrogen) atoms. The van der Waals surface area contributed by atoms with Crippen molar-refractivity contribution in [3.63, 3.8) is 0 Å². The van der Waals surface area contributed by atoms with Crippen molar-refractivity contribution in [1.29, 1.82) is 0 Å². The van der Waals surface area contributed by atoms with Crippen molar-refractivity contribution in [3.8, 4) is 0 Å². The SMILES string of the molecule is CN1CCN(c2cccc3nc(CN(C)[C@H]4CCCc5cccnc54)c(CNC(=O)O)n23)CC1. The summed E-state index contributed by atoms with van der Waals surface area (Å²) in [6.07, 6.45) is 4.12. The van der Waals surface area contributed by atoms with Crippen LogP contribution in [0.3, 0.4) is 0 Å². The van der Waals surface area contributed by atoms with Crippen LogP contribution in [-0.4, -0.2) is 75.6 Å². The lowest BCUT2D eigenvalue weighted by molar-refractivity contribution is 0.193. The van der Waals surface area contributed by atoms with Gasteiger partial charge < -0.3 is 20.2 Å². The van der Waals surface area contributed by atoms with Crippen molar-refractivity contribution < 1.29 is 9.90 Å². The zero-order valence-corrected chi connectivity index (χ0v) is 19.9. The summed E-state index contributed by atoms with van der Waals surface area (Å²) in [5.41, 5.74) is 5.13. The van der Waals surface area contributed by atoms with E-state index in [4.69, 9.17) is 9.97 Å². The maximum atomic E-state index is 11.4. The Morgan fingerprint density at radius 1 is 1.21 bits per heavy atom. The largest absolute Gasteiger partial charge is 0.465 e. The number of amides is 1. The lowest BCUT2D eigenvalue weighted by atomic mass is 9.91. The molecule has 0 bridgehead atoms. The number of anilines is 1. The molecule has 1 aliphatic heterocycles. The number of fused-ring (bicyclic) bond motifs is 2. The number of pyridine rings is 2. The minimum Gasteiger partial charge on any atom is -0.465 e. The Bertz CT molecular complexity index is 1170. The third-order valence-electron chi connectivity index (χ3n) is 7.13. The van der Waals surface area contributed by atoms with Gasteiger partial charge in [0.2, 0.25) is 0 Å². The first-order chi connectivity index (χ1) is 16.5. The van der Waals surface area contributed by atoms with Crippen LogP contribution >= 0.6 is 0 Å². The number of hydrogen-bond donors (Lipinski definition) is 2. The summed E-state index contributed by atoms with van der Waals surface area (Å²) in [6.45, 7) is 4.69. The van der Waals surface area contributed by atoms with Gasteiger partial charge in [-0.25, -0.2) is 9.78 Å². The van der Waals surface area contributed by atoms with Crippen LogP contribution in [0.2, 0.25) is 0 Å². The van der Waals surface area contributed by atoms with E-state index in [-0.39, 0.29) is 12.6 Å². The summed E-state index contributed by atoms with van der Waals surface area (Å²) in [4.78, 5) is 28.1. The Morgan fingerprint density at radius 3 is 2.82 bits per heavy atom. The van der Waals surface area contributed by atoms with E-state index in [1.54, 1.807) is 0 Å². The summed E-state index contributed by atoms with van der Waals surface area (Å²) in [7, 11) is 4.26. The molecule has 9 heteroatoms. The van der Waals surface area contributed by atoms with Gasteiger partial charge in [0.1, 0.15) is 11.5 Å². The van der Waals surface area contributed by atoms with E-state index >= 15 is 0 Å². The number of aryl methyl sites for hydroxylation is 1. The van der Waals surface area contributed by atoms with Crippen LogP contribution in [0.1, 0.15) is 41.5 Å². The summed E-state index contributed by atoms with van der Waals surface area (Å²) >= 11 is 0. The van der Waals surface area contributed by atoms with Crippen LogP contribution in [0.25, 0.3) is 5.65 Å². The van der Waals surface area contributed by atoms with Gasteiger partial charge in [-0.1, -0.05) is 12.1 Å². The highest BCUT2D eigenvalue weighted by Gasteiger charge is 2.27. The van der Waals surface area contributed by atoms with Crippen molar-refractivity contribution in [2.24, 2.45) is 0 Å². The number of carboxylic acid groups (broad SMARTS) is 1. The number of aromatic nitrogens is 3. The van der Waals surface area contributed by atoms with Crippen molar-refractivity contribution in [3.05, 3.63) is 59.2 Å².